The Labute approximate surface area is 146 Å². The molecule has 0 aliphatic heterocycles. The van der Waals surface area contributed by atoms with Gasteiger partial charge in [-0.15, -0.1) is 0 Å². The van der Waals surface area contributed by atoms with Gasteiger partial charge in [0.2, 0.25) is 0 Å². The second kappa shape index (κ2) is 10.8. The largest absolute Gasteiger partial charge is 0.494 e. The Morgan fingerprint density at radius 1 is 0.750 bits per heavy atom. The highest BCUT2D eigenvalue weighted by molar-refractivity contribution is 5.59. The van der Waals surface area contributed by atoms with Gasteiger partial charge in [-0.2, -0.15) is 10.2 Å². The minimum atomic E-state index is 0.791. The third-order valence-corrected chi connectivity index (χ3v) is 4.17. The highest BCUT2D eigenvalue weighted by Crippen LogP contribution is 2.21. The first kappa shape index (κ1) is 18.4. The molecular formula is C21H30N2O. The van der Waals surface area contributed by atoms with Crippen LogP contribution >= 0.6 is 0 Å². The average Bonchev–Trinajstić information content (AvgIpc) is 2.64. The standard InChI is InChI=1S/C21H30N2O/c1-3-5-7-8-10-19-13-16-21(23-22-19)18-11-14-20(15-12-18)24-17-9-6-4-2/h11-16H,3-10,17H2,1-2H3. The highest BCUT2D eigenvalue weighted by atomic mass is 16.5. The molecule has 0 N–H and O–H groups in total. The number of hydrogen-bond acceptors (Lipinski definition) is 3. The molecular weight excluding hydrogens is 296 g/mol. The van der Waals surface area contributed by atoms with Crippen LogP contribution in [0, 0.1) is 0 Å². The van der Waals surface area contributed by atoms with Gasteiger partial charge in [0.15, 0.2) is 0 Å². The Morgan fingerprint density at radius 2 is 1.50 bits per heavy atom. The topological polar surface area (TPSA) is 35.0 Å². The van der Waals surface area contributed by atoms with Gasteiger partial charge in [0.1, 0.15) is 5.75 Å². The molecule has 0 atom stereocenters. The molecule has 0 bridgehead atoms. The summed E-state index contributed by atoms with van der Waals surface area (Å²) in [5.41, 5.74) is 3.09. The molecule has 3 nitrogen and oxygen atoms in total. The Balaban J connectivity index is 1.84. The van der Waals surface area contributed by atoms with Gasteiger partial charge in [0, 0.05) is 5.56 Å². The molecule has 0 amide bonds. The van der Waals surface area contributed by atoms with E-state index in [4.69, 9.17) is 4.74 Å². The summed E-state index contributed by atoms with van der Waals surface area (Å²) in [5.74, 6) is 0.926. The maximum absolute atomic E-state index is 5.75. The van der Waals surface area contributed by atoms with Gasteiger partial charge in [0.25, 0.3) is 0 Å². The Hall–Kier alpha value is -1.90. The van der Waals surface area contributed by atoms with E-state index < -0.39 is 0 Å². The van der Waals surface area contributed by atoms with Crippen LogP contribution in [0.3, 0.4) is 0 Å². The van der Waals surface area contributed by atoms with Crippen molar-refractivity contribution in [2.75, 3.05) is 6.61 Å². The number of aromatic nitrogens is 2. The van der Waals surface area contributed by atoms with Crippen LogP contribution < -0.4 is 4.74 Å². The Bertz CT molecular complexity index is 510. The van der Waals surface area contributed by atoms with Crippen molar-refractivity contribution in [3.05, 3.63) is 42.1 Å². The van der Waals surface area contributed by atoms with E-state index in [2.05, 4.69) is 48.3 Å². The quantitative estimate of drug-likeness (QED) is 0.487. The lowest BCUT2D eigenvalue weighted by Gasteiger charge is -2.07. The first-order chi connectivity index (χ1) is 11.8. The molecule has 0 unspecified atom stereocenters. The van der Waals surface area contributed by atoms with Crippen LogP contribution in [0.15, 0.2) is 36.4 Å². The fraction of sp³-hybridized carbons (Fsp3) is 0.524. The van der Waals surface area contributed by atoms with Crippen LogP contribution in [0.4, 0.5) is 0 Å². The molecule has 3 heteroatoms. The van der Waals surface area contributed by atoms with Gasteiger partial charge in [-0.1, -0.05) is 46.0 Å². The van der Waals surface area contributed by atoms with E-state index >= 15 is 0 Å². The van der Waals surface area contributed by atoms with Crippen LogP contribution in [0.1, 0.15) is 64.5 Å². The van der Waals surface area contributed by atoms with Gasteiger partial charge in [-0.05, 0) is 55.7 Å². The molecule has 0 spiro atoms. The molecule has 0 fully saturated rings. The van der Waals surface area contributed by atoms with Gasteiger partial charge >= 0.3 is 0 Å². The van der Waals surface area contributed by atoms with Crippen LogP contribution in [-0.4, -0.2) is 16.8 Å². The van der Waals surface area contributed by atoms with E-state index in [0.717, 1.165) is 42.1 Å². The summed E-state index contributed by atoms with van der Waals surface area (Å²) in [6, 6.07) is 12.3. The molecule has 1 aromatic heterocycles. The third kappa shape index (κ3) is 6.31. The zero-order valence-electron chi connectivity index (χ0n) is 15.1. The van der Waals surface area contributed by atoms with Crippen molar-refractivity contribution in [2.45, 2.75) is 65.2 Å². The first-order valence-corrected chi connectivity index (χ1v) is 9.39. The summed E-state index contributed by atoms with van der Waals surface area (Å²) in [6.07, 6.45) is 9.63. The molecule has 0 aliphatic rings. The molecule has 0 aliphatic carbocycles. The van der Waals surface area contributed by atoms with Crippen molar-refractivity contribution in [3.63, 3.8) is 0 Å². The van der Waals surface area contributed by atoms with E-state index in [0.29, 0.717) is 0 Å². The Kier molecular flexibility index (Phi) is 8.29. The molecule has 2 aromatic rings. The van der Waals surface area contributed by atoms with Crippen molar-refractivity contribution in [3.8, 4) is 17.0 Å². The minimum absolute atomic E-state index is 0.791. The number of benzene rings is 1. The SMILES string of the molecule is CCCCCCc1ccc(-c2ccc(OCCCCC)cc2)nn1. The summed E-state index contributed by atoms with van der Waals surface area (Å²) in [7, 11) is 0. The Morgan fingerprint density at radius 3 is 2.17 bits per heavy atom. The molecule has 0 saturated carbocycles. The van der Waals surface area contributed by atoms with Gasteiger partial charge < -0.3 is 4.74 Å². The monoisotopic (exact) mass is 326 g/mol. The van der Waals surface area contributed by atoms with Crippen molar-refractivity contribution >= 4 is 0 Å². The van der Waals surface area contributed by atoms with Crippen LogP contribution in [0.2, 0.25) is 0 Å². The average molecular weight is 326 g/mol. The predicted molar refractivity (Wildman–Crippen MR) is 100 cm³/mol. The summed E-state index contributed by atoms with van der Waals surface area (Å²) in [5, 5.41) is 8.74. The number of nitrogens with zero attached hydrogens (tertiary/aromatic N) is 2. The molecule has 24 heavy (non-hydrogen) atoms. The zero-order chi connectivity index (χ0) is 17.0. The molecule has 130 valence electrons. The second-order valence-electron chi connectivity index (χ2n) is 6.30. The maximum Gasteiger partial charge on any atom is 0.119 e. The summed E-state index contributed by atoms with van der Waals surface area (Å²) < 4.78 is 5.75. The van der Waals surface area contributed by atoms with E-state index in [1.165, 1.54) is 38.5 Å². The number of unbranched alkanes of at least 4 members (excludes halogenated alkanes) is 5. The minimum Gasteiger partial charge on any atom is -0.494 e. The molecule has 0 saturated heterocycles. The number of hydrogen-bond donors (Lipinski definition) is 0. The number of ether oxygens (including phenoxy) is 1. The third-order valence-electron chi connectivity index (χ3n) is 4.17. The highest BCUT2D eigenvalue weighted by Gasteiger charge is 2.02. The fourth-order valence-corrected chi connectivity index (χ4v) is 2.64. The second-order valence-corrected chi connectivity index (χ2v) is 6.30. The van der Waals surface area contributed by atoms with Crippen molar-refractivity contribution in [2.24, 2.45) is 0 Å². The summed E-state index contributed by atoms with van der Waals surface area (Å²) in [6.45, 7) is 5.22. The van der Waals surface area contributed by atoms with Crippen LogP contribution in [-0.2, 0) is 6.42 Å². The summed E-state index contributed by atoms with van der Waals surface area (Å²) in [4.78, 5) is 0. The smallest absolute Gasteiger partial charge is 0.119 e. The van der Waals surface area contributed by atoms with Crippen molar-refractivity contribution in [1.82, 2.24) is 10.2 Å². The maximum atomic E-state index is 5.75. The zero-order valence-corrected chi connectivity index (χ0v) is 15.1. The van der Waals surface area contributed by atoms with Gasteiger partial charge in [-0.25, -0.2) is 0 Å². The van der Waals surface area contributed by atoms with E-state index in [-0.39, 0.29) is 0 Å². The lowest BCUT2D eigenvalue weighted by atomic mass is 10.1. The first-order valence-electron chi connectivity index (χ1n) is 9.39. The number of rotatable bonds is 11. The van der Waals surface area contributed by atoms with E-state index in [9.17, 15) is 0 Å². The van der Waals surface area contributed by atoms with Crippen LogP contribution in [0.5, 0.6) is 5.75 Å². The molecule has 1 heterocycles. The lowest BCUT2D eigenvalue weighted by molar-refractivity contribution is 0.306. The van der Waals surface area contributed by atoms with Gasteiger partial charge in [0.05, 0.1) is 18.0 Å². The molecule has 1 aromatic carbocycles. The normalized spacial score (nSPS) is 10.8. The van der Waals surface area contributed by atoms with E-state index in [1.54, 1.807) is 0 Å². The predicted octanol–water partition coefficient (Wildman–Crippen LogP) is 5.84. The number of aryl methyl sites for hydroxylation is 1. The van der Waals surface area contributed by atoms with Gasteiger partial charge in [-0.3, -0.25) is 0 Å². The van der Waals surface area contributed by atoms with Crippen molar-refractivity contribution in [1.29, 1.82) is 0 Å². The fourth-order valence-electron chi connectivity index (χ4n) is 2.64. The molecule has 2 rings (SSSR count). The summed E-state index contributed by atoms with van der Waals surface area (Å²) >= 11 is 0. The van der Waals surface area contributed by atoms with E-state index in [1.807, 2.05) is 12.1 Å². The molecule has 0 radical (unpaired) electrons. The van der Waals surface area contributed by atoms with Crippen molar-refractivity contribution < 1.29 is 4.74 Å². The van der Waals surface area contributed by atoms with Crippen LogP contribution in [0.25, 0.3) is 11.3 Å². The lowest BCUT2D eigenvalue weighted by Crippen LogP contribution is -1.97.